The summed E-state index contributed by atoms with van der Waals surface area (Å²) in [5, 5.41) is 3.38. The van der Waals surface area contributed by atoms with Crippen molar-refractivity contribution in [3.05, 3.63) is 47.4 Å². The molecule has 1 atom stereocenters. The lowest BCUT2D eigenvalue weighted by Gasteiger charge is -2.13. The zero-order valence-electron chi connectivity index (χ0n) is 12.5. The zero-order valence-corrected chi connectivity index (χ0v) is 12.5. The molecule has 0 amide bonds. The van der Waals surface area contributed by atoms with E-state index in [1.807, 2.05) is 19.1 Å². The van der Waals surface area contributed by atoms with E-state index in [1.165, 1.54) is 5.56 Å². The zero-order chi connectivity index (χ0) is 14.7. The third-order valence-corrected chi connectivity index (χ3v) is 3.57. The van der Waals surface area contributed by atoms with E-state index >= 15 is 0 Å². The van der Waals surface area contributed by atoms with Crippen molar-refractivity contribution in [2.24, 2.45) is 0 Å². The van der Waals surface area contributed by atoms with Crippen LogP contribution in [-0.2, 0) is 19.5 Å². The lowest BCUT2D eigenvalue weighted by Crippen LogP contribution is -2.13. The third kappa shape index (κ3) is 3.22. The molecule has 1 aliphatic rings. The van der Waals surface area contributed by atoms with Gasteiger partial charge in [0, 0.05) is 24.1 Å². The molecule has 0 bridgehead atoms. The SMILES string of the molecule is CCOc1cc2c(cc1CNCc1ccco1)O[C@@H](C)C2. The van der Waals surface area contributed by atoms with Crippen molar-refractivity contribution in [3.8, 4) is 11.5 Å². The Morgan fingerprint density at radius 1 is 1.33 bits per heavy atom. The van der Waals surface area contributed by atoms with E-state index in [1.54, 1.807) is 6.26 Å². The molecule has 1 N–H and O–H groups in total. The molecule has 1 aliphatic heterocycles. The van der Waals surface area contributed by atoms with Gasteiger partial charge in [-0.1, -0.05) is 0 Å². The predicted molar refractivity (Wildman–Crippen MR) is 80.7 cm³/mol. The van der Waals surface area contributed by atoms with E-state index in [-0.39, 0.29) is 6.10 Å². The third-order valence-electron chi connectivity index (χ3n) is 3.57. The summed E-state index contributed by atoms with van der Waals surface area (Å²) in [7, 11) is 0. The van der Waals surface area contributed by atoms with Crippen LogP contribution in [0.4, 0.5) is 0 Å². The molecule has 21 heavy (non-hydrogen) atoms. The van der Waals surface area contributed by atoms with Crippen LogP contribution in [0.1, 0.15) is 30.7 Å². The van der Waals surface area contributed by atoms with Crippen LogP contribution in [0.15, 0.2) is 34.9 Å². The molecule has 112 valence electrons. The molecule has 1 aromatic carbocycles. The van der Waals surface area contributed by atoms with Crippen LogP contribution in [0.5, 0.6) is 11.5 Å². The van der Waals surface area contributed by atoms with E-state index in [4.69, 9.17) is 13.9 Å². The maximum absolute atomic E-state index is 5.83. The lowest BCUT2D eigenvalue weighted by atomic mass is 10.1. The van der Waals surface area contributed by atoms with E-state index in [0.717, 1.165) is 35.8 Å². The summed E-state index contributed by atoms with van der Waals surface area (Å²) >= 11 is 0. The Morgan fingerprint density at radius 2 is 2.24 bits per heavy atom. The highest BCUT2D eigenvalue weighted by Gasteiger charge is 2.21. The molecule has 2 heterocycles. The largest absolute Gasteiger partial charge is 0.494 e. The summed E-state index contributed by atoms with van der Waals surface area (Å²) in [5.41, 5.74) is 2.36. The topological polar surface area (TPSA) is 43.6 Å². The van der Waals surface area contributed by atoms with Crippen LogP contribution in [0, 0.1) is 0 Å². The van der Waals surface area contributed by atoms with Gasteiger partial charge in [-0.05, 0) is 38.1 Å². The Kier molecular flexibility index (Phi) is 4.15. The average Bonchev–Trinajstić information content (AvgIpc) is 3.07. The minimum Gasteiger partial charge on any atom is -0.494 e. The standard InChI is InChI=1S/C17H21NO3/c1-3-19-16-8-13-7-12(2)21-17(13)9-14(16)10-18-11-15-5-4-6-20-15/h4-6,8-9,12,18H,3,7,10-11H2,1-2H3/t12-/m0/s1. The van der Waals surface area contributed by atoms with Crippen LogP contribution in [0.3, 0.4) is 0 Å². The number of fused-ring (bicyclic) bond motifs is 1. The van der Waals surface area contributed by atoms with Crippen molar-refractivity contribution in [2.75, 3.05) is 6.61 Å². The van der Waals surface area contributed by atoms with Gasteiger partial charge in [0.2, 0.25) is 0 Å². The van der Waals surface area contributed by atoms with Gasteiger partial charge >= 0.3 is 0 Å². The first-order valence-electron chi connectivity index (χ1n) is 7.44. The number of hydrogen-bond donors (Lipinski definition) is 1. The highest BCUT2D eigenvalue weighted by atomic mass is 16.5. The lowest BCUT2D eigenvalue weighted by molar-refractivity contribution is 0.254. The van der Waals surface area contributed by atoms with Crippen molar-refractivity contribution in [3.63, 3.8) is 0 Å². The molecule has 0 radical (unpaired) electrons. The summed E-state index contributed by atoms with van der Waals surface area (Å²) in [6.45, 7) is 6.19. The van der Waals surface area contributed by atoms with Crippen molar-refractivity contribution in [1.82, 2.24) is 5.32 Å². The van der Waals surface area contributed by atoms with Crippen molar-refractivity contribution >= 4 is 0 Å². The molecule has 3 rings (SSSR count). The number of ether oxygens (including phenoxy) is 2. The number of rotatable bonds is 6. The van der Waals surface area contributed by atoms with Gasteiger partial charge in [-0.2, -0.15) is 0 Å². The van der Waals surface area contributed by atoms with Crippen LogP contribution < -0.4 is 14.8 Å². The van der Waals surface area contributed by atoms with E-state index in [0.29, 0.717) is 13.2 Å². The molecule has 4 nitrogen and oxygen atoms in total. The maximum Gasteiger partial charge on any atom is 0.124 e. The molecule has 1 aromatic heterocycles. The second kappa shape index (κ2) is 6.22. The van der Waals surface area contributed by atoms with E-state index in [2.05, 4.69) is 24.4 Å². The molecular weight excluding hydrogens is 266 g/mol. The fourth-order valence-electron chi connectivity index (χ4n) is 2.64. The quantitative estimate of drug-likeness (QED) is 0.885. The summed E-state index contributed by atoms with van der Waals surface area (Å²) in [6, 6.07) is 8.07. The first-order valence-corrected chi connectivity index (χ1v) is 7.44. The second-order valence-electron chi connectivity index (χ2n) is 5.32. The monoisotopic (exact) mass is 287 g/mol. The molecular formula is C17H21NO3. The van der Waals surface area contributed by atoms with Gasteiger partial charge in [0.1, 0.15) is 23.4 Å². The van der Waals surface area contributed by atoms with Crippen molar-refractivity contribution < 1.29 is 13.9 Å². The smallest absolute Gasteiger partial charge is 0.124 e. The average molecular weight is 287 g/mol. The molecule has 0 spiro atoms. The molecule has 4 heteroatoms. The molecule has 0 unspecified atom stereocenters. The number of benzene rings is 1. The molecule has 2 aromatic rings. The van der Waals surface area contributed by atoms with Crippen LogP contribution in [-0.4, -0.2) is 12.7 Å². The Hall–Kier alpha value is -1.94. The Labute approximate surface area is 125 Å². The van der Waals surface area contributed by atoms with Gasteiger partial charge in [0.25, 0.3) is 0 Å². The van der Waals surface area contributed by atoms with Crippen molar-refractivity contribution in [1.29, 1.82) is 0 Å². The van der Waals surface area contributed by atoms with Gasteiger partial charge < -0.3 is 19.2 Å². The Balaban J connectivity index is 1.72. The summed E-state index contributed by atoms with van der Waals surface area (Å²) in [5.74, 6) is 2.86. The molecule has 0 fully saturated rings. The first-order chi connectivity index (χ1) is 10.3. The Bertz CT molecular complexity index is 592. The van der Waals surface area contributed by atoms with Gasteiger partial charge in [-0.3, -0.25) is 0 Å². The molecule has 0 saturated heterocycles. The second-order valence-corrected chi connectivity index (χ2v) is 5.32. The maximum atomic E-state index is 5.83. The van der Waals surface area contributed by atoms with Crippen LogP contribution in [0.2, 0.25) is 0 Å². The van der Waals surface area contributed by atoms with Gasteiger partial charge in [0.15, 0.2) is 0 Å². The minimum absolute atomic E-state index is 0.251. The van der Waals surface area contributed by atoms with E-state index < -0.39 is 0 Å². The summed E-state index contributed by atoms with van der Waals surface area (Å²) < 4.78 is 16.9. The van der Waals surface area contributed by atoms with Crippen LogP contribution in [0.25, 0.3) is 0 Å². The first kappa shape index (κ1) is 14.0. The van der Waals surface area contributed by atoms with E-state index in [9.17, 15) is 0 Å². The van der Waals surface area contributed by atoms with Crippen LogP contribution >= 0.6 is 0 Å². The fraction of sp³-hybridized carbons (Fsp3) is 0.412. The highest BCUT2D eigenvalue weighted by molar-refractivity contribution is 5.48. The molecule has 0 aliphatic carbocycles. The minimum atomic E-state index is 0.251. The number of hydrogen-bond acceptors (Lipinski definition) is 4. The number of furan rings is 1. The van der Waals surface area contributed by atoms with Gasteiger partial charge in [-0.15, -0.1) is 0 Å². The van der Waals surface area contributed by atoms with Gasteiger partial charge in [0.05, 0.1) is 19.4 Å². The van der Waals surface area contributed by atoms with Crippen molar-refractivity contribution in [2.45, 2.75) is 39.5 Å². The fourth-order valence-corrected chi connectivity index (χ4v) is 2.64. The number of nitrogens with one attached hydrogen (secondary N) is 1. The normalized spacial score (nSPS) is 16.6. The molecule has 0 saturated carbocycles. The summed E-state index contributed by atoms with van der Waals surface area (Å²) in [4.78, 5) is 0. The van der Waals surface area contributed by atoms with Gasteiger partial charge in [-0.25, -0.2) is 0 Å². The highest BCUT2D eigenvalue weighted by Crippen LogP contribution is 2.35. The predicted octanol–water partition coefficient (Wildman–Crippen LogP) is 3.29. The summed E-state index contributed by atoms with van der Waals surface area (Å²) in [6.07, 6.45) is 2.89. The Morgan fingerprint density at radius 3 is 3.00 bits per heavy atom.